The second-order valence-corrected chi connectivity index (χ2v) is 2.66. The van der Waals surface area contributed by atoms with E-state index in [4.69, 9.17) is 5.11 Å². The lowest BCUT2D eigenvalue weighted by molar-refractivity contribution is -0.132. The van der Waals surface area contributed by atoms with Gasteiger partial charge in [0.05, 0.1) is 11.9 Å². The van der Waals surface area contributed by atoms with Crippen LogP contribution in [-0.2, 0) is 11.8 Å². The zero-order valence-electron chi connectivity index (χ0n) is 7.32. The van der Waals surface area contributed by atoms with Crippen LogP contribution in [0.3, 0.4) is 0 Å². The third-order valence-corrected chi connectivity index (χ3v) is 1.51. The summed E-state index contributed by atoms with van der Waals surface area (Å²) in [7, 11) is 1.79. The predicted molar refractivity (Wildman–Crippen MR) is 48.5 cm³/mol. The van der Waals surface area contributed by atoms with E-state index in [0.29, 0.717) is 0 Å². The number of carboxylic acid groups (broad SMARTS) is 1. The van der Waals surface area contributed by atoms with Gasteiger partial charge in [-0.25, -0.2) is 4.79 Å². The van der Waals surface area contributed by atoms with Gasteiger partial charge in [0, 0.05) is 25.4 Å². The lowest BCUT2D eigenvalue weighted by atomic mass is 10.3. The van der Waals surface area contributed by atoms with Gasteiger partial charge in [-0.05, 0) is 0 Å². The van der Waals surface area contributed by atoms with Gasteiger partial charge >= 0.3 is 5.97 Å². The molecule has 0 atom stereocenters. The van der Waals surface area contributed by atoms with Crippen LogP contribution in [0.25, 0.3) is 0 Å². The second-order valence-electron chi connectivity index (χ2n) is 2.66. The molecule has 0 aliphatic carbocycles. The SMILES string of the molecule is C=C(CNc1cnn(C)c1)C(=O)O. The Balaban J connectivity index is 2.44. The Morgan fingerprint density at radius 3 is 3.00 bits per heavy atom. The molecule has 1 heterocycles. The maximum absolute atomic E-state index is 10.4. The normalized spacial score (nSPS) is 9.62. The number of rotatable bonds is 4. The summed E-state index contributed by atoms with van der Waals surface area (Å²) in [6.45, 7) is 3.61. The molecule has 0 bridgehead atoms. The fourth-order valence-electron chi connectivity index (χ4n) is 0.797. The summed E-state index contributed by atoms with van der Waals surface area (Å²) >= 11 is 0. The zero-order chi connectivity index (χ0) is 9.84. The average Bonchev–Trinajstić information content (AvgIpc) is 2.47. The van der Waals surface area contributed by atoms with Crippen molar-refractivity contribution in [1.82, 2.24) is 9.78 Å². The Labute approximate surface area is 75.7 Å². The number of carboxylic acids is 1. The molecule has 0 amide bonds. The Hall–Kier alpha value is -1.78. The summed E-state index contributed by atoms with van der Waals surface area (Å²) in [5.41, 5.74) is 0.911. The van der Waals surface area contributed by atoms with Crippen molar-refractivity contribution in [3.8, 4) is 0 Å². The van der Waals surface area contributed by atoms with Crippen LogP contribution >= 0.6 is 0 Å². The zero-order valence-corrected chi connectivity index (χ0v) is 7.32. The third kappa shape index (κ3) is 2.62. The smallest absolute Gasteiger partial charge is 0.332 e. The number of hydrogen-bond donors (Lipinski definition) is 2. The van der Waals surface area contributed by atoms with E-state index in [1.807, 2.05) is 0 Å². The number of nitrogens with one attached hydrogen (secondary N) is 1. The van der Waals surface area contributed by atoms with Gasteiger partial charge in [-0.15, -0.1) is 0 Å². The first-order chi connectivity index (χ1) is 6.09. The number of aryl methyl sites for hydroxylation is 1. The molecule has 0 aliphatic heterocycles. The molecule has 0 aromatic carbocycles. The molecule has 1 rings (SSSR count). The van der Waals surface area contributed by atoms with Crippen molar-refractivity contribution in [2.75, 3.05) is 11.9 Å². The lowest BCUT2D eigenvalue weighted by Gasteiger charge is -2.01. The molecule has 5 heteroatoms. The molecule has 0 spiro atoms. The number of nitrogens with zero attached hydrogens (tertiary/aromatic N) is 2. The van der Waals surface area contributed by atoms with Crippen LogP contribution < -0.4 is 5.32 Å². The topological polar surface area (TPSA) is 67.2 Å². The molecule has 0 fully saturated rings. The molecule has 0 radical (unpaired) electrons. The van der Waals surface area contributed by atoms with Crippen LogP contribution in [0.5, 0.6) is 0 Å². The highest BCUT2D eigenvalue weighted by molar-refractivity contribution is 5.86. The standard InChI is InChI=1S/C8H11N3O2/c1-6(8(12)13)3-9-7-4-10-11(2)5-7/h4-5,9H,1,3H2,2H3,(H,12,13). The van der Waals surface area contributed by atoms with Gasteiger partial charge in [0.1, 0.15) is 0 Å². The van der Waals surface area contributed by atoms with E-state index in [-0.39, 0.29) is 12.1 Å². The minimum absolute atomic E-state index is 0.129. The Morgan fingerprint density at radius 2 is 2.54 bits per heavy atom. The predicted octanol–water partition coefficient (Wildman–Crippen LogP) is 0.473. The molecular formula is C8H11N3O2. The molecule has 13 heavy (non-hydrogen) atoms. The molecular weight excluding hydrogens is 170 g/mol. The number of carbonyl (C=O) groups is 1. The van der Waals surface area contributed by atoms with E-state index >= 15 is 0 Å². The summed E-state index contributed by atoms with van der Waals surface area (Å²) < 4.78 is 1.63. The van der Waals surface area contributed by atoms with Crippen molar-refractivity contribution in [1.29, 1.82) is 0 Å². The van der Waals surface area contributed by atoms with E-state index in [1.54, 1.807) is 24.1 Å². The van der Waals surface area contributed by atoms with E-state index < -0.39 is 5.97 Å². The van der Waals surface area contributed by atoms with Gasteiger partial charge in [-0.3, -0.25) is 4.68 Å². The summed E-state index contributed by atoms with van der Waals surface area (Å²) in [5.74, 6) is -0.989. The lowest BCUT2D eigenvalue weighted by Crippen LogP contribution is -2.10. The van der Waals surface area contributed by atoms with Crippen molar-refractivity contribution >= 4 is 11.7 Å². The van der Waals surface area contributed by atoms with E-state index in [9.17, 15) is 4.79 Å². The third-order valence-electron chi connectivity index (χ3n) is 1.51. The van der Waals surface area contributed by atoms with Crippen LogP contribution in [0.4, 0.5) is 5.69 Å². The molecule has 5 nitrogen and oxygen atoms in total. The summed E-state index contributed by atoms with van der Waals surface area (Å²) in [5, 5.41) is 15.3. The fourth-order valence-corrected chi connectivity index (χ4v) is 0.797. The molecule has 1 aromatic heterocycles. The maximum Gasteiger partial charge on any atom is 0.332 e. The van der Waals surface area contributed by atoms with E-state index in [1.165, 1.54) is 0 Å². The van der Waals surface area contributed by atoms with Crippen LogP contribution in [0.2, 0.25) is 0 Å². The molecule has 0 aliphatic rings. The summed E-state index contributed by atoms with van der Waals surface area (Å²) in [6.07, 6.45) is 3.38. The number of hydrogen-bond acceptors (Lipinski definition) is 3. The first-order valence-corrected chi connectivity index (χ1v) is 3.73. The van der Waals surface area contributed by atoms with Gasteiger partial charge in [0.15, 0.2) is 0 Å². The minimum atomic E-state index is -0.989. The highest BCUT2D eigenvalue weighted by atomic mass is 16.4. The van der Waals surface area contributed by atoms with Crippen molar-refractivity contribution in [2.24, 2.45) is 7.05 Å². The van der Waals surface area contributed by atoms with Crippen molar-refractivity contribution in [3.05, 3.63) is 24.5 Å². The molecule has 2 N–H and O–H groups in total. The quantitative estimate of drug-likeness (QED) is 0.663. The number of anilines is 1. The summed E-state index contributed by atoms with van der Waals surface area (Å²) in [6, 6.07) is 0. The van der Waals surface area contributed by atoms with Crippen LogP contribution in [0.1, 0.15) is 0 Å². The van der Waals surface area contributed by atoms with Gasteiger partial charge in [0.25, 0.3) is 0 Å². The Kier molecular flexibility index (Phi) is 2.69. The Morgan fingerprint density at radius 1 is 1.85 bits per heavy atom. The second kappa shape index (κ2) is 3.75. The van der Waals surface area contributed by atoms with E-state index in [0.717, 1.165) is 5.69 Å². The van der Waals surface area contributed by atoms with Crippen LogP contribution in [0, 0.1) is 0 Å². The van der Waals surface area contributed by atoms with E-state index in [2.05, 4.69) is 17.0 Å². The molecule has 0 unspecified atom stereocenters. The van der Waals surface area contributed by atoms with Crippen molar-refractivity contribution in [3.63, 3.8) is 0 Å². The maximum atomic E-state index is 10.4. The molecule has 70 valence electrons. The van der Waals surface area contributed by atoms with Gasteiger partial charge in [0.2, 0.25) is 0 Å². The minimum Gasteiger partial charge on any atom is -0.478 e. The van der Waals surface area contributed by atoms with Crippen molar-refractivity contribution in [2.45, 2.75) is 0 Å². The highest BCUT2D eigenvalue weighted by Gasteiger charge is 2.03. The molecule has 0 saturated carbocycles. The van der Waals surface area contributed by atoms with Gasteiger partial charge in [-0.1, -0.05) is 6.58 Å². The van der Waals surface area contributed by atoms with Crippen LogP contribution in [0.15, 0.2) is 24.5 Å². The number of aliphatic carboxylic acids is 1. The summed E-state index contributed by atoms with van der Waals surface area (Å²) in [4.78, 5) is 10.4. The average molecular weight is 181 g/mol. The fraction of sp³-hybridized carbons (Fsp3) is 0.250. The monoisotopic (exact) mass is 181 g/mol. The van der Waals surface area contributed by atoms with Gasteiger partial charge in [-0.2, -0.15) is 5.10 Å². The molecule has 1 aromatic rings. The van der Waals surface area contributed by atoms with Crippen molar-refractivity contribution < 1.29 is 9.90 Å². The first-order valence-electron chi connectivity index (χ1n) is 3.73. The Bertz CT molecular complexity index is 330. The molecule has 0 saturated heterocycles. The highest BCUT2D eigenvalue weighted by Crippen LogP contribution is 2.03. The van der Waals surface area contributed by atoms with Gasteiger partial charge < -0.3 is 10.4 Å². The largest absolute Gasteiger partial charge is 0.478 e. The first kappa shape index (κ1) is 9.31. The van der Waals surface area contributed by atoms with Crippen LogP contribution in [-0.4, -0.2) is 27.4 Å². The number of aromatic nitrogens is 2.